The van der Waals surface area contributed by atoms with Gasteiger partial charge < -0.3 is 15.2 Å². The quantitative estimate of drug-likeness (QED) is 0.162. The molecule has 0 saturated heterocycles. The van der Waals surface area contributed by atoms with E-state index in [1.54, 1.807) is 0 Å². The molecule has 1 heterocycles. The molecule has 1 aliphatic carbocycles. The van der Waals surface area contributed by atoms with Gasteiger partial charge in [0.1, 0.15) is 0 Å². The minimum Gasteiger partial charge on any atom is -0.354 e. The zero-order valence-corrected chi connectivity index (χ0v) is 22.4. The number of benzene rings is 4. The molecule has 2 aliphatic rings. The van der Waals surface area contributed by atoms with Crippen LogP contribution in [0.1, 0.15) is 20.3 Å². The Bertz CT molecular complexity index is 1540. The Kier molecular flexibility index (Phi) is 7.75. The van der Waals surface area contributed by atoms with Crippen molar-refractivity contribution < 1.29 is 0 Å². The topological polar surface area (TPSA) is 54.2 Å². The zero-order chi connectivity index (χ0) is 25.8. The first kappa shape index (κ1) is 25.3. The Hall–Kier alpha value is -3.38. The normalized spacial score (nSPS) is 12.1. The third-order valence-corrected chi connectivity index (χ3v) is 6.58. The van der Waals surface area contributed by atoms with Crippen molar-refractivity contribution in [2.45, 2.75) is 26.3 Å². The number of nitrogens with zero attached hydrogens (tertiary/aromatic N) is 3. The SMILES string of the molecule is CC(C)NCCCN=c1cc2n(-c3ccc(Cl)cc3)c3ccccc3nc-2cc1Nc1ccc(Cl)cc1. The third kappa shape index (κ3) is 5.96. The molecule has 0 fully saturated rings. The Morgan fingerprint density at radius 2 is 1.59 bits per heavy atom. The van der Waals surface area contributed by atoms with E-state index in [0.717, 1.165) is 57.8 Å². The summed E-state index contributed by atoms with van der Waals surface area (Å²) in [6, 6.07) is 28.4. The van der Waals surface area contributed by atoms with Gasteiger partial charge in [0.2, 0.25) is 0 Å². The summed E-state index contributed by atoms with van der Waals surface area (Å²) in [5.74, 6) is 0. The molecule has 5 rings (SSSR count). The number of aromatic nitrogens is 2. The van der Waals surface area contributed by atoms with E-state index in [-0.39, 0.29) is 0 Å². The lowest BCUT2D eigenvalue weighted by Crippen LogP contribution is -2.24. The first-order valence-electron chi connectivity index (χ1n) is 12.5. The maximum Gasteiger partial charge on any atom is 0.0900 e. The van der Waals surface area contributed by atoms with Crippen LogP contribution in [0.4, 0.5) is 11.4 Å². The number of halogens is 2. The molecule has 7 heteroatoms. The number of nitrogens with one attached hydrogen (secondary N) is 2. The van der Waals surface area contributed by atoms with Gasteiger partial charge in [0, 0.05) is 34.0 Å². The Morgan fingerprint density at radius 1 is 0.892 bits per heavy atom. The Balaban J connectivity index is 1.68. The van der Waals surface area contributed by atoms with Gasteiger partial charge in [-0.1, -0.05) is 49.2 Å². The van der Waals surface area contributed by atoms with E-state index in [0.29, 0.717) is 22.6 Å². The number of para-hydroxylation sites is 2. The lowest BCUT2D eigenvalue weighted by Gasteiger charge is -2.20. The summed E-state index contributed by atoms with van der Waals surface area (Å²) in [5.41, 5.74) is 6.62. The van der Waals surface area contributed by atoms with Crippen molar-refractivity contribution in [3.05, 3.63) is 100 Å². The summed E-state index contributed by atoms with van der Waals surface area (Å²) in [7, 11) is 0. The second kappa shape index (κ2) is 11.3. The fourth-order valence-electron chi connectivity index (χ4n) is 4.30. The van der Waals surface area contributed by atoms with Crippen molar-refractivity contribution in [2.24, 2.45) is 4.99 Å². The molecule has 0 atom stereocenters. The predicted octanol–water partition coefficient (Wildman–Crippen LogP) is 7.47. The molecule has 0 aromatic heterocycles. The lowest BCUT2D eigenvalue weighted by atomic mass is 10.1. The van der Waals surface area contributed by atoms with Gasteiger partial charge in [0.15, 0.2) is 0 Å². The molecule has 0 saturated carbocycles. The zero-order valence-electron chi connectivity index (χ0n) is 20.9. The summed E-state index contributed by atoms with van der Waals surface area (Å²) in [6.45, 7) is 5.94. The fourth-order valence-corrected chi connectivity index (χ4v) is 4.55. The largest absolute Gasteiger partial charge is 0.354 e. The van der Waals surface area contributed by atoms with E-state index in [1.165, 1.54) is 0 Å². The molecule has 3 aromatic rings. The molecule has 2 N–H and O–H groups in total. The van der Waals surface area contributed by atoms with Crippen LogP contribution in [0.5, 0.6) is 0 Å². The molecule has 3 aromatic carbocycles. The van der Waals surface area contributed by atoms with Crippen LogP contribution in [0.2, 0.25) is 10.0 Å². The van der Waals surface area contributed by atoms with Gasteiger partial charge in [0.05, 0.1) is 33.5 Å². The Labute approximate surface area is 227 Å². The molecule has 1 aliphatic heterocycles. The molecular weight excluding hydrogens is 501 g/mol. The summed E-state index contributed by atoms with van der Waals surface area (Å²) >= 11 is 12.3. The second-order valence-corrected chi connectivity index (χ2v) is 10.1. The molecule has 0 radical (unpaired) electrons. The molecular formula is C30H29Cl2N5. The van der Waals surface area contributed by atoms with Crippen molar-refractivity contribution in [3.63, 3.8) is 0 Å². The van der Waals surface area contributed by atoms with Gasteiger partial charge in [-0.15, -0.1) is 0 Å². The van der Waals surface area contributed by atoms with Gasteiger partial charge in [-0.2, -0.15) is 0 Å². The van der Waals surface area contributed by atoms with Crippen molar-refractivity contribution in [3.8, 4) is 17.1 Å². The lowest BCUT2D eigenvalue weighted by molar-refractivity contribution is 0.573. The highest BCUT2D eigenvalue weighted by Gasteiger charge is 2.16. The van der Waals surface area contributed by atoms with Crippen LogP contribution in [-0.4, -0.2) is 28.7 Å². The maximum absolute atomic E-state index is 6.21. The van der Waals surface area contributed by atoms with E-state index in [1.807, 2.05) is 66.7 Å². The number of anilines is 2. The van der Waals surface area contributed by atoms with E-state index >= 15 is 0 Å². The molecule has 0 spiro atoms. The van der Waals surface area contributed by atoms with E-state index in [9.17, 15) is 0 Å². The molecule has 0 unspecified atom stereocenters. The van der Waals surface area contributed by atoms with Crippen molar-refractivity contribution in [1.82, 2.24) is 14.9 Å². The first-order chi connectivity index (χ1) is 18.0. The predicted molar refractivity (Wildman–Crippen MR) is 156 cm³/mol. The average Bonchev–Trinajstić information content (AvgIpc) is 2.89. The van der Waals surface area contributed by atoms with Crippen molar-refractivity contribution in [2.75, 3.05) is 18.4 Å². The van der Waals surface area contributed by atoms with Crippen molar-refractivity contribution in [1.29, 1.82) is 0 Å². The highest BCUT2D eigenvalue weighted by molar-refractivity contribution is 6.30. The highest BCUT2D eigenvalue weighted by atomic mass is 35.5. The van der Waals surface area contributed by atoms with Crippen LogP contribution in [0.25, 0.3) is 28.1 Å². The number of rotatable bonds is 8. The smallest absolute Gasteiger partial charge is 0.0900 e. The minimum atomic E-state index is 0.459. The van der Waals surface area contributed by atoms with Gasteiger partial charge in [-0.3, -0.25) is 4.99 Å². The monoisotopic (exact) mass is 529 g/mol. The number of fused-ring (bicyclic) bond motifs is 2. The molecule has 188 valence electrons. The van der Waals surface area contributed by atoms with E-state index in [2.05, 4.69) is 47.2 Å². The van der Waals surface area contributed by atoms with Crippen molar-refractivity contribution >= 4 is 45.6 Å². The van der Waals surface area contributed by atoms with Crippen LogP contribution in [0.3, 0.4) is 0 Å². The molecule has 5 nitrogen and oxygen atoms in total. The van der Waals surface area contributed by atoms with Gasteiger partial charge in [0.25, 0.3) is 0 Å². The summed E-state index contributed by atoms with van der Waals surface area (Å²) < 4.78 is 2.22. The van der Waals surface area contributed by atoms with Crippen LogP contribution in [0.15, 0.2) is 89.9 Å². The third-order valence-electron chi connectivity index (χ3n) is 6.07. The first-order valence-corrected chi connectivity index (χ1v) is 13.2. The Morgan fingerprint density at radius 3 is 2.32 bits per heavy atom. The van der Waals surface area contributed by atoms with Gasteiger partial charge in [-0.25, -0.2) is 4.98 Å². The van der Waals surface area contributed by atoms with Crippen LogP contribution in [0, 0.1) is 0 Å². The summed E-state index contributed by atoms with van der Waals surface area (Å²) in [4.78, 5) is 10.0. The van der Waals surface area contributed by atoms with Crippen LogP contribution in [-0.2, 0) is 0 Å². The fraction of sp³-hybridized carbons (Fsp3) is 0.200. The second-order valence-electron chi connectivity index (χ2n) is 9.25. The molecule has 0 amide bonds. The van der Waals surface area contributed by atoms with Crippen LogP contribution < -0.4 is 16.0 Å². The maximum atomic E-state index is 6.21. The molecule has 37 heavy (non-hydrogen) atoms. The van der Waals surface area contributed by atoms with Gasteiger partial charge >= 0.3 is 0 Å². The van der Waals surface area contributed by atoms with E-state index in [4.69, 9.17) is 33.2 Å². The minimum absolute atomic E-state index is 0.459. The van der Waals surface area contributed by atoms with Crippen LogP contribution >= 0.6 is 23.2 Å². The summed E-state index contributed by atoms with van der Waals surface area (Å²) in [5, 5.41) is 9.27. The van der Waals surface area contributed by atoms with E-state index < -0.39 is 0 Å². The van der Waals surface area contributed by atoms with Gasteiger partial charge in [-0.05, 0) is 85.8 Å². The molecule has 0 bridgehead atoms. The average molecular weight is 531 g/mol. The number of hydrogen-bond donors (Lipinski definition) is 2. The summed E-state index contributed by atoms with van der Waals surface area (Å²) in [6.07, 6.45) is 0.948. The standard InChI is InChI=1S/C30H29Cl2N5/c1-20(2)33-16-5-17-34-26-19-30-28(18-27(26)35-23-12-8-21(31)9-13-23)36-25-6-3-4-7-29(25)37(30)24-14-10-22(32)11-15-24/h3-4,6-15,18-20,33,35H,5,16-17H2,1-2H3. The highest BCUT2D eigenvalue weighted by Crippen LogP contribution is 2.31. The number of hydrogen-bond acceptors (Lipinski definition) is 4.